The molecule has 4 aromatic rings. The van der Waals surface area contributed by atoms with E-state index in [4.69, 9.17) is 4.98 Å². The molecule has 0 atom stereocenters. The van der Waals surface area contributed by atoms with Crippen LogP contribution in [0.4, 0.5) is 5.82 Å². The topological polar surface area (TPSA) is 29.0 Å². The Morgan fingerprint density at radius 3 is 1.50 bits per heavy atom. The van der Waals surface area contributed by atoms with Crippen LogP contribution in [-0.2, 0) is 0 Å². The SMILES string of the molecule is CCN(c1cnccn1)[Si](c1ccccc1)(c1ccccc1)c1ccccc1. The summed E-state index contributed by atoms with van der Waals surface area (Å²) in [5, 5.41) is 4.00. The monoisotopic (exact) mass is 381 g/mol. The van der Waals surface area contributed by atoms with Gasteiger partial charge >= 0.3 is 0 Å². The van der Waals surface area contributed by atoms with Crippen LogP contribution in [-0.4, -0.2) is 24.7 Å². The number of aromatic nitrogens is 2. The Morgan fingerprint density at radius 2 is 1.14 bits per heavy atom. The van der Waals surface area contributed by atoms with E-state index in [0.717, 1.165) is 12.4 Å². The van der Waals surface area contributed by atoms with Crippen LogP contribution in [0, 0.1) is 0 Å². The third-order valence-electron chi connectivity index (χ3n) is 5.12. The fraction of sp³-hybridized carbons (Fsp3) is 0.0833. The highest BCUT2D eigenvalue weighted by atomic mass is 28.3. The molecule has 0 saturated heterocycles. The van der Waals surface area contributed by atoms with E-state index in [1.54, 1.807) is 12.4 Å². The molecule has 138 valence electrons. The molecule has 0 aliphatic carbocycles. The standard InChI is InChI=1S/C24H23N3Si/c1-2-27(24-20-25-18-19-26-24)28(21-12-6-3-7-13-21,22-14-8-4-9-15-22)23-16-10-5-11-17-23/h3-20H,2H2,1H3. The molecule has 0 N–H and O–H groups in total. The fourth-order valence-corrected chi connectivity index (χ4v) is 8.90. The Labute approximate surface area is 167 Å². The van der Waals surface area contributed by atoms with Crippen LogP contribution in [0.1, 0.15) is 6.92 Å². The molecule has 0 amide bonds. The molecule has 3 nitrogen and oxygen atoms in total. The van der Waals surface area contributed by atoms with Crippen LogP contribution < -0.4 is 20.1 Å². The summed E-state index contributed by atoms with van der Waals surface area (Å²) in [5.41, 5.74) is 0. The van der Waals surface area contributed by atoms with Crippen molar-refractivity contribution in [2.24, 2.45) is 0 Å². The van der Waals surface area contributed by atoms with Gasteiger partial charge in [0.1, 0.15) is 5.82 Å². The average Bonchev–Trinajstić information content (AvgIpc) is 2.80. The highest BCUT2D eigenvalue weighted by Crippen LogP contribution is 2.19. The molecule has 0 spiro atoms. The van der Waals surface area contributed by atoms with E-state index < -0.39 is 8.24 Å². The second kappa shape index (κ2) is 8.19. The molecular weight excluding hydrogens is 358 g/mol. The number of hydrogen-bond donors (Lipinski definition) is 0. The Balaban J connectivity index is 2.10. The molecule has 0 fully saturated rings. The van der Waals surface area contributed by atoms with Crippen molar-refractivity contribution in [3.05, 3.63) is 110 Å². The van der Waals surface area contributed by atoms with E-state index in [-0.39, 0.29) is 0 Å². The highest BCUT2D eigenvalue weighted by Gasteiger charge is 2.46. The first-order chi connectivity index (χ1) is 13.9. The van der Waals surface area contributed by atoms with Crippen molar-refractivity contribution in [3.8, 4) is 0 Å². The van der Waals surface area contributed by atoms with Gasteiger partial charge in [0.2, 0.25) is 0 Å². The maximum absolute atomic E-state index is 4.69. The number of benzene rings is 3. The van der Waals surface area contributed by atoms with E-state index >= 15 is 0 Å². The average molecular weight is 382 g/mol. The predicted molar refractivity (Wildman–Crippen MR) is 119 cm³/mol. The zero-order valence-electron chi connectivity index (χ0n) is 15.9. The van der Waals surface area contributed by atoms with Gasteiger partial charge in [-0.25, -0.2) is 4.98 Å². The van der Waals surface area contributed by atoms with E-state index in [9.17, 15) is 0 Å². The van der Waals surface area contributed by atoms with Crippen LogP contribution >= 0.6 is 0 Å². The van der Waals surface area contributed by atoms with Gasteiger partial charge in [-0.1, -0.05) is 91.0 Å². The molecule has 28 heavy (non-hydrogen) atoms. The number of nitrogens with zero attached hydrogens (tertiary/aromatic N) is 3. The summed E-state index contributed by atoms with van der Waals surface area (Å²) < 4.78 is 2.47. The lowest BCUT2D eigenvalue weighted by Crippen LogP contribution is -2.77. The third-order valence-corrected chi connectivity index (χ3v) is 9.98. The quantitative estimate of drug-likeness (QED) is 0.380. The van der Waals surface area contributed by atoms with E-state index in [1.807, 2.05) is 6.20 Å². The zero-order valence-corrected chi connectivity index (χ0v) is 16.9. The van der Waals surface area contributed by atoms with Gasteiger partial charge in [0, 0.05) is 18.9 Å². The minimum atomic E-state index is -2.56. The van der Waals surface area contributed by atoms with Crippen LogP contribution in [0.25, 0.3) is 0 Å². The first-order valence-corrected chi connectivity index (χ1v) is 11.5. The van der Waals surface area contributed by atoms with Crippen molar-refractivity contribution in [2.75, 3.05) is 11.1 Å². The molecule has 0 unspecified atom stereocenters. The fourth-order valence-electron chi connectivity index (χ4n) is 4.01. The van der Waals surface area contributed by atoms with Crippen molar-refractivity contribution >= 4 is 29.6 Å². The van der Waals surface area contributed by atoms with Gasteiger partial charge in [0.25, 0.3) is 8.24 Å². The lowest BCUT2D eigenvalue weighted by molar-refractivity contribution is 1.01. The number of rotatable bonds is 6. The summed E-state index contributed by atoms with van der Waals surface area (Å²) in [6.45, 7) is 3.04. The van der Waals surface area contributed by atoms with Crippen molar-refractivity contribution in [2.45, 2.75) is 6.92 Å². The van der Waals surface area contributed by atoms with Gasteiger partial charge in [-0.05, 0) is 22.5 Å². The summed E-state index contributed by atoms with van der Waals surface area (Å²) >= 11 is 0. The molecule has 1 aromatic heterocycles. The number of anilines is 1. The van der Waals surface area contributed by atoms with Crippen molar-refractivity contribution in [1.29, 1.82) is 0 Å². The molecule has 4 heteroatoms. The molecule has 0 bridgehead atoms. The molecule has 3 aromatic carbocycles. The van der Waals surface area contributed by atoms with Crippen molar-refractivity contribution < 1.29 is 0 Å². The number of hydrogen-bond acceptors (Lipinski definition) is 3. The highest BCUT2D eigenvalue weighted by molar-refractivity contribution is 7.13. The Kier molecular flexibility index (Phi) is 5.31. The van der Waals surface area contributed by atoms with Crippen molar-refractivity contribution in [1.82, 2.24) is 9.97 Å². The van der Waals surface area contributed by atoms with Crippen LogP contribution in [0.3, 0.4) is 0 Å². The van der Waals surface area contributed by atoms with Gasteiger partial charge in [-0.2, -0.15) is 0 Å². The lowest BCUT2D eigenvalue weighted by atomic mass is 10.3. The molecule has 0 saturated carbocycles. The predicted octanol–water partition coefficient (Wildman–Crippen LogP) is 2.97. The second-order valence-electron chi connectivity index (χ2n) is 6.62. The van der Waals surface area contributed by atoms with Crippen LogP contribution in [0.5, 0.6) is 0 Å². The van der Waals surface area contributed by atoms with E-state index in [0.29, 0.717) is 0 Å². The van der Waals surface area contributed by atoms with Gasteiger partial charge in [0.05, 0.1) is 6.20 Å². The van der Waals surface area contributed by atoms with Crippen molar-refractivity contribution in [3.63, 3.8) is 0 Å². The summed E-state index contributed by atoms with van der Waals surface area (Å²) in [6.07, 6.45) is 5.38. The maximum atomic E-state index is 4.69. The van der Waals surface area contributed by atoms with E-state index in [2.05, 4.69) is 107 Å². The summed E-state index contributed by atoms with van der Waals surface area (Å²) in [4.78, 5) is 9.06. The molecule has 0 aliphatic heterocycles. The Bertz CT molecular complexity index is 896. The molecule has 1 heterocycles. The first kappa shape index (κ1) is 18.1. The van der Waals surface area contributed by atoms with Gasteiger partial charge in [-0.3, -0.25) is 4.98 Å². The minimum absolute atomic E-state index is 0.837. The molecule has 4 rings (SSSR count). The smallest absolute Gasteiger partial charge is 0.254 e. The second-order valence-corrected chi connectivity index (χ2v) is 10.3. The minimum Gasteiger partial charge on any atom is -0.370 e. The van der Waals surface area contributed by atoms with Gasteiger partial charge in [0.15, 0.2) is 0 Å². The lowest BCUT2D eigenvalue weighted by Gasteiger charge is -2.43. The molecular formula is C24H23N3Si. The first-order valence-electron chi connectivity index (χ1n) is 9.57. The van der Waals surface area contributed by atoms with Crippen LogP contribution in [0.2, 0.25) is 0 Å². The Hall–Kier alpha value is -3.24. The summed E-state index contributed by atoms with van der Waals surface area (Å²) in [7, 11) is -2.56. The van der Waals surface area contributed by atoms with E-state index in [1.165, 1.54) is 15.6 Å². The zero-order chi connectivity index (χ0) is 19.2. The van der Waals surface area contributed by atoms with Gasteiger partial charge < -0.3 is 4.57 Å². The normalized spacial score (nSPS) is 11.2. The summed E-state index contributed by atoms with van der Waals surface area (Å²) in [6, 6.07) is 32.6. The largest absolute Gasteiger partial charge is 0.370 e. The molecule has 0 radical (unpaired) electrons. The molecule has 0 aliphatic rings. The third kappa shape index (κ3) is 3.12. The Morgan fingerprint density at radius 1 is 0.679 bits per heavy atom. The van der Waals surface area contributed by atoms with Crippen LogP contribution in [0.15, 0.2) is 110 Å². The van der Waals surface area contributed by atoms with Gasteiger partial charge in [-0.15, -0.1) is 0 Å². The maximum Gasteiger partial charge on any atom is 0.254 e. The summed E-state index contributed by atoms with van der Waals surface area (Å²) in [5.74, 6) is 0.910.